The SMILES string of the molecule is COCCNCCN(C)Cc1cc(Cl)cc(Br)c1. The molecule has 3 nitrogen and oxygen atoms in total. The van der Waals surface area contributed by atoms with Crippen molar-refractivity contribution >= 4 is 27.5 Å². The van der Waals surface area contributed by atoms with Gasteiger partial charge in [0.25, 0.3) is 0 Å². The van der Waals surface area contributed by atoms with Gasteiger partial charge in [-0.05, 0) is 30.8 Å². The second-order valence-electron chi connectivity index (χ2n) is 4.26. The monoisotopic (exact) mass is 334 g/mol. The van der Waals surface area contributed by atoms with Crippen molar-refractivity contribution in [1.29, 1.82) is 0 Å². The number of rotatable bonds is 8. The molecule has 0 unspecified atom stereocenters. The second kappa shape index (κ2) is 8.88. The van der Waals surface area contributed by atoms with Crippen LogP contribution in [0.3, 0.4) is 0 Å². The average molecular weight is 336 g/mol. The van der Waals surface area contributed by atoms with Crippen molar-refractivity contribution in [3.63, 3.8) is 0 Å². The van der Waals surface area contributed by atoms with E-state index in [1.54, 1.807) is 7.11 Å². The Labute approximate surface area is 123 Å². The number of likely N-dealkylation sites (N-methyl/N-ethyl adjacent to an activating group) is 1. The lowest BCUT2D eigenvalue weighted by Gasteiger charge is -2.17. The van der Waals surface area contributed by atoms with Gasteiger partial charge in [0.05, 0.1) is 6.61 Å². The fourth-order valence-corrected chi connectivity index (χ4v) is 2.59. The summed E-state index contributed by atoms with van der Waals surface area (Å²) in [5, 5.41) is 4.09. The van der Waals surface area contributed by atoms with Crippen LogP contribution in [0.1, 0.15) is 5.56 Å². The lowest BCUT2D eigenvalue weighted by molar-refractivity contribution is 0.197. The minimum atomic E-state index is 0.755. The highest BCUT2D eigenvalue weighted by Crippen LogP contribution is 2.20. The number of hydrogen-bond donors (Lipinski definition) is 1. The summed E-state index contributed by atoms with van der Waals surface area (Å²) in [7, 11) is 3.82. The molecule has 0 saturated heterocycles. The molecular weight excluding hydrogens is 316 g/mol. The molecule has 0 atom stereocenters. The molecule has 0 radical (unpaired) electrons. The highest BCUT2D eigenvalue weighted by molar-refractivity contribution is 9.10. The van der Waals surface area contributed by atoms with Gasteiger partial charge >= 0.3 is 0 Å². The zero-order chi connectivity index (χ0) is 13.4. The van der Waals surface area contributed by atoms with Crippen LogP contribution in [0.15, 0.2) is 22.7 Å². The van der Waals surface area contributed by atoms with Gasteiger partial charge < -0.3 is 15.0 Å². The van der Waals surface area contributed by atoms with Gasteiger partial charge in [-0.2, -0.15) is 0 Å². The predicted molar refractivity (Wildman–Crippen MR) is 80.2 cm³/mol. The number of nitrogens with zero attached hydrogens (tertiary/aromatic N) is 1. The maximum absolute atomic E-state index is 6.02. The summed E-state index contributed by atoms with van der Waals surface area (Å²) in [6.07, 6.45) is 0. The van der Waals surface area contributed by atoms with Gasteiger partial charge in [0.15, 0.2) is 0 Å². The van der Waals surface area contributed by atoms with E-state index in [9.17, 15) is 0 Å². The standard InChI is InChI=1S/C13H20BrClN2O/c1-17(5-3-16-4-6-18-2)10-11-7-12(14)9-13(15)8-11/h7-9,16H,3-6,10H2,1-2H3. The molecular formula is C13H20BrClN2O. The molecule has 1 rings (SSSR count). The largest absolute Gasteiger partial charge is 0.383 e. The van der Waals surface area contributed by atoms with Crippen molar-refractivity contribution in [2.45, 2.75) is 6.54 Å². The van der Waals surface area contributed by atoms with Crippen molar-refractivity contribution in [2.24, 2.45) is 0 Å². The third-order valence-electron chi connectivity index (χ3n) is 2.53. The first-order chi connectivity index (χ1) is 8.61. The number of benzene rings is 1. The summed E-state index contributed by atoms with van der Waals surface area (Å²) in [6.45, 7) is 4.50. The Morgan fingerprint density at radius 2 is 2.11 bits per heavy atom. The summed E-state index contributed by atoms with van der Waals surface area (Å²) in [6, 6.07) is 6.00. The van der Waals surface area contributed by atoms with Gasteiger partial charge in [-0.3, -0.25) is 0 Å². The molecule has 0 aliphatic carbocycles. The quantitative estimate of drug-likeness (QED) is 0.739. The smallest absolute Gasteiger partial charge is 0.0587 e. The van der Waals surface area contributed by atoms with E-state index in [0.29, 0.717) is 0 Å². The van der Waals surface area contributed by atoms with E-state index in [-0.39, 0.29) is 0 Å². The molecule has 0 spiro atoms. The van der Waals surface area contributed by atoms with Crippen LogP contribution in [0.4, 0.5) is 0 Å². The van der Waals surface area contributed by atoms with E-state index < -0.39 is 0 Å². The fraction of sp³-hybridized carbons (Fsp3) is 0.538. The molecule has 0 bridgehead atoms. The number of ether oxygens (including phenoxy) is 1. The molecule has 0 aromatic heterocycles. The predicted octanol–water partition coefficient (Wildman–Crippen LogP) is 2.77. The Kier molecular flexibility index (Phi) is 7.86. The van der Waals surface area contributed by atoms with E-state index in [1.165, 1.54) is 5.56 Å². The van der Waals surface area contributed by atoms with E-state index in [4.69, 9.17) is 16.3 Å². The van der Waals surface area contributed by atoms with Crippen molar-refractivity contribution in [1.82, 2.24) is 10.2 Å². The van der Waals surface area contributed by atoms with Crippen molar-refractivity contribution in [2.75, 3.05) is 40.4 Å². The first-order valence-corrected chi connectivity index (χ1v) is 7.12. The van der Waals surface area contributed by atoms with Crippen molar-refractivity contribution < 1.29 is 4.74 Å². The third-order valence-corrected chi connectivity index (χ3v) is 3.20. The lowest BCUT2D eigenvalue weighted by atomic mass is 10.2. The fourth-order valence-electron chi connectivity index (χ4n) is 1.66. The normalized spacial score (nSPS) is 11.2. The zero-order valence-electron chi connectivity index (χ0n) is 10.9. The van der Waals surface area contributed by atoms with E-state index in [1.807, 2.05) is 12.1 Å². The Morgan fingerprint density at radius 1 is 1.33 bits per heavy atom. The van der Waals surface area contributed by atoms with Gasteiger partial charge in [-0.1, -0.05) is 27.5 Å². The van der Waals surface area contributed by atoms with E-state index >= 15 is 0 Å². The molecule has 1 aromatic rings. The van der Waals surface area contributed by atoms with Crippen LogP contribution in [-0.4, -0.2) is 45.3 Å². The van der Waals surface area contributed by atoms with Crippen LogP contribution in [-0.2, 0) is 11.3 Å². The molecule has 0 saturated carbocycles. The highest BCUT2D eigenvalue weighted by Gasteiger charge is 2.02. The summed E-state index contributed by atoms with van der Waals surface area (Å²) >= 11 is 9.48. The van der Waals surface area contributed by atoms with Gasteiger partial charge in [0.1, 0.15) is 0 Å². The minimum absolute atomic E-state index is 0.755. The zero-order valence-corrected chi connectivity index (χ0v) is 13.2. The number of methoxy groups -OCH3 is 1. The summed E-state index contributed by atoms with van der Waals surface area (Å²) in [5.41, 5.74) is 1.22. The Balaban J connectivity index is 2.28. The average Bonchev–Trinajstić information content (AvgIpc) is 2.27. The Bertz CT molecular complexity index is 343. The molecule has 1 N–H and O–H groups in total. The molecule has 0 aliphatic heterocycles. The first kappa shape index (κ1) is 15.9. The molecule has 18 heavy (non-hydrogen) atoms. The van der Waals surface area contributed by atoms with Crippen LogP contribution in [0.2, 0.25) is 5.02 Å². The summed E-state index contributed by atoms with van der Waals surface area (Å²) in [5.74, 6) is 0. The maximum atomic E-state index is 6.02. The van der Waals surface area contributed by atoms with Crippen LogP contribution in [0, 0.1) is 0 Å². The second-order valence-corrected chi connectivity index (χ2v) is 5.61. The van der Waals surface area contributed by atoms with Gasteiger partial charge in [0, 0.05) is 42.8 Å². The Morgan fingerprint density at radius 3 is 2.78 bits per heavy atom. The molecule has 102 valence electrons. The lowest BCUT2D eigenvalue weighted by Crippen LogP contribution is -2.30. The minimum Gasteiger partial charge on any atom is -0.383 e. The molecule has 0 heterocycles. The molecule has 5 heteroatoms. The number of hydrogen-bond acceptors (Lipinski definition) is 3. The third kappa shape index (κ3) is 6.71. The van der Waals surface area contributed by atoms with E-state index in [0.717, 1.165) is 42.3 Å². The first-order valence-electron chi connectivity index (χ1n) is 5.95. The maximum Gasteiger partial charge on any atom is 0.0587 e. The van der Waals surface area contributed by atoms with E-state index in [2.05, 4.69) is 39.3 Å². The molecule has 1 aromatic carbocycles. The molecule has 0 amide bonds. The molecule has 0 aliphatic rings. The van der Waals surface area contributed by atoms with Crippen LogP contribution >= 0.6 is 27.5 Å². The number of halogens is 2. The number of nitrogens with one attached hydrogen (secondary N) is 1. The van der Waals surface area contributed by atoms with Gasteiger partial charge in [-0.25, -0.2) is 0 Å². The summed E-state index contributed by atoms with van der Waals surface area (Å²) < 4.78 is 6.00. The Hall–Kier alpha value is -0.130. The summed E-state index contributed by atoms with van der Waals surface area (Å²) in [4.78, 5) is 2.26. The highest BCUT2D eigenvalue weighted by atomic mass is 79.9. The van der Waals surface area contributed by atoms with Gasteiger partial charge in [-0.15, -0.1) is 0 Å². The topological polar surface area (TPSA) is 24.5 Å². The van der Waals surface area contributed by atoms with Crippen molar-refractivity contribution in [3.8, 4) is 0 Å². The molecule has 0 fully saturated rings. The van der Waals surface area contributed by atoms with Crippen LogP contribution < -0.4 is 5.32 Å². The van der Waals surface area contributed by atoms with Crippen molar-refractivity contribution in [3.05, 3.63) is 33.3 Å². The van der Waals surface area contributed by atoms with Crippen LogP contribution in [0.5, 0.6) is 0 Å². The van der Waals surface area contributed by atoms with Gasteiger partial charge in [0.2, 0.25) is 0 Å². The van der Waals surface area contributed by atoms with Crippen LogP contribution in [0.25, 0.3) is 0 Å².